The van der Waals surface area contributed by atoms with Crippen LogP contribution in [-0.4, -0.2) is 93.2 Å². The van der Waals surface area contributed by atoms with E-state index in [1.807, 2.05) is 24.3 Å². The summed E-state index contributed by atoms with van der Waals surface area (Å²) in [6, 6.07) is 15.2. The number of carbonyl (C=O) groups is 2. The number of rotatable bonds is 12. The van der Waals surface area contributed by atoms with Crippen LogP contribution < -0.4 is 20.4 Å². The molecule has 268 valence electrons. The Morgan fingerprint density at radius 2 is 1.00 bits per heavy atom. The molecule has 4 bridgehead atoms. The average molecular weight is 705 g/mol. The van der Waals surface area contributed by atoms with Crippen LogP contribution in [0, 0.1) is 11.8 Å². The van der Waals surface area contributed by atoms with Crippen molar-refractivity contribution in [1.29, 1.82) is 0 Å². The van der Waals surface area contributed by atoms with E-state index < -0.39 is 11.9 Å². The van der Waals surface area contributed by atoms with Crippen LogP contribution in [0.25, 0.3) is 22.3 Å². The van der Waals surface area contributed by atoms with Gasteiger partial charge < -0.3 is 19.1 Å². The van der Waals surface area contributed by atoms with E-state index in [0.717, 1.165) is 99.4 Å². The lowest BCUT2D eigenvalue weighted by molar-refractivity contribution is -0.137. The summed E-state index contributed by atoms with van der Waals surface area (Å²) in [5.41, 5.74) is 9.49. The van der Waals surface area contributed by atoms with E-state index in [-0.39, 0.29) is 12.2 Å². The number of anilines is 2. The van der Waals surface area contributed by atoms with Crippen molar-refractivity contribution in [2.24, 2.45) is 11.8 Å². The quantitative estimate of drug-likeness (QED) is 0.157. The molecule has 10 rings (SSSR count). The lowest BCUT2D eigenvalue weighted by atomic mass is 9.86. The van der Waals surface area contributed by atoms with Crippen molar-refractivity contribution in [3.8, 4) is 34.3 Å². The molecule has 8 heterocycles. The highest BCUT2D eigenvalue weighted by Gasteiger charge is 2.37. The molecule has 0 aliphatic carbocycles. The molecule has 2 N–H and O–H groups in total. The number of aromatic nitrogens is 4. The number of fused-ring (bicyclic) bond motifs is 6. The molecule has 6 aliphatic heterocycles. The van der Waals surface area contributed by atoms with E-state index in [2.05, 4.69) is 40.7 Å². The number of benzene rings is 2. The Hall–Kier alpha value is -5.60. The van der Waals surface area contributed by atoms with Crippen molar-refractivity contribution < 1.29 is 28.7 Å². The number of hydrogen-bond acceptors (Lipinski definition) is 14. The van der Waals surface area contributed by atoms with Crippen molar-refractivity contribution in [3.05, 3.63) is 85.5 Å². The van der Waals surface area contributed by atoms with E-state index >= 15 is 0 Å². The molecular weight excluding hydrogens is 664 g/mol. The van der Waals surface area contributed by atoms with Crippen LogP contribution >= 0.6 is 0 Å². The van der Waals surface area contributed by atoms with Gasteiger partial charge in [0, 0.05) is 61.2 Å². The van der Waals surface area contributed by atoms with E-state index in [4.69, 9.17) is 19.1 Å². The molecule has 6 fully saturated rings. The van der Waals surface area contributed by atoms with Crippen LogP contribution in [0.2, 0.25) is 0 Å². The molecule has 4 aromatic rings. The van der Waals surface area contributed by atoms with Crippen molar-refractivity contribution in [2.45, 2.75) is 37.9 Å². The van der Waals surface area contributed by atoms with Crippen LogP contribution in [0.4, 0.5) is 11.4 Å². The van der Waals surface area contributed by atoms with Gasteiger partial charge in [0.25, 0.3) is 0 Å². The normalized spacial score (nSPS) is 24.6. The second-order valence-corrected chi connectivity index (χ2v) is 13.6. The van der Waals surface area contributed by atoms with Gasteiger partial charge in [0.05, 0.1) is 11.4 Å². The topological polar surface area (TPSA) is 153 Å². The van der Waals surface area contributed by atoms with Gasteiger partial charge in [-0.1, -0.05) is 24.3 Å². The first-order chi connectivity index (χ1) is 25.5. The molecule has 14 heteroatoms. The van der Waals surface area contributed by atoms with Gasteiger partial charge >= 0.3 is 24.0 Å². The van der Waals surface area contributed by atoms with Gasteiger partial charge in [0.1, 0.15) is 12.2 Å². The number of carbonyl (C=O) groups excluding carboxylic acids is 2. The minimum absolute atomic E-state index is 0.130. The lowest BCUT2D eigenvalue weighted by Gasteiger charge is -2.43. The Bertz CT molecular complexity index is 1760. The molecule has 2 atom stereocenters. The maximum Gasteiger partial charge on any atom is 0.355 e. The second kappa shape index (κ2) is 15.3. The molecule has 52 heavy (non-hydrogen) atoms. The average Bonchev–Trinajstić information content (AvgIpc) is 3.20. The van der Waals surface area contributed by atoms with E-state index in [9.17, 15) is 9.59 Å². The zero-order chi connectivity index (χ0) is 35.3. The summed E-state index contributed by atoms with van der Waals surface area (Å²) < 4.78 is 12.2. The van der Waals surface area contributed by atoms with Gasteiger partial charge in [0.15, 0.2) is 0 Å². The van der Waals surface area contributed by atoms with Crippen molar-refractivity contribution in [3.63, 3.8) is 0 Å². The van der Waals surface area contributed by atoms with Crippen LogP contribution in [0.15, 0.2) is 85.5 Å². The highest BCUT2D eigenvalue weighted by Crippen LogP contribution is 2.32. The van der Waals surface area contributed by atoms with Gasteiger partial charge in [-0.2, -0.15) is 0 Å². The maximum atomic E-state index is 12.3. The largest absolute Gasteiger partial charge is 0.458 e. The summed E-state index contributed by atoms with van der Waals surface area (Å²) in [6.45, 7) is 6.42. The first kappa shape index (κ1) is 33.5. The summed E-state index contributed by atoms with van der Waals surface area (Å²) in [5.74, 6) is -0.457. The first-order valence-corrected chi connectivity index (χ1v) is 17.8. The molecule has 0 spiro atoms. The molecule has 0 unspecified atom stereocenters. The van der Waals surface area contributed by atoms with E-state index in [0.29, 0.717) is 35.2 Å². The number of hydrogen-bond donors (Lipinski definition) is 2. The molecule has 6 saturated heterocycles. The molecule has 0 amide bonds. The highest BCUT2D eigenvalue weighted by atomic mass is 16.7. The van der Waals surface area contributed by atoms with Gasteiger partial charge in [-0.05, 0) is 99.1 Å². The van der Waals surface area contributed by atoms with Gasteiger partial charge in [-0.25, -0.2) is 40.5 Å². The Labute approximate surface area is 301 Å². The van der Waals surface area contributed by atoms with Crippen LogP contribution in [0.5, 0.6) is 12.0 Å². The van der Waals surface area contributed by atoms with Gasteiger partial charge in [-0.15, -0.1) is 0 Å². The van der Waals surface area contributed by atoms with Crippen LogP contribution in [0.3, 0.4) is 0 Å². The molecule has 2 aromatic heterocycles. The third-order valence-electron chi connectivity index (χ3n) is 10.2. The summed E-state index contributed by atoms with van der Waals surface area (Å²) in [5, 5.41) is 0. The van der Waals surface area contributed by atoms with Crippen molar-refractivity contribution >= 4 is 23.3 Å². The Morgan fingerprint density at radius 3 is 1.37 bits per heavy atom. The number of nitrogens with zero attached hydrogens (tertiary/aromatic N) is 6. The summed E-state index contributed by atoms with van der Waals surface area (Å²) in [6.07, 6.45) is 13.7. The minimum Gasteiger partial charge on any atom is -0.458 e. The molecule has 14 nitrogen and oxygen atoms in total. The summed E-state index contributed by atoms with van der Waals surface area (Å²) in [4.78, 5) is 57.4. The fourth-order valence-electron chi connectivity index (χ4n) is 7.36. The van der Waals surface area contributed by atoms with Crippen LogP contribution in [-0.2, 0) is 19.3 Å². The second-order valence-electron chi connectivity index (χ2n) is 13.6. The molecule has 0 radical (unpaired) electrons. The zero-order valence-corrected chi connectivity index (χ0v) is 28.6. The number of ether oxygens (including phenoxy) is 2. The Kier molecular flexibility index (Phi) is 9.89. The Morgan fingerprint density at radius 1 is 0.596 bits per heavy atom. The number of nitrogens with one attached hydrogen (secondary N) is 2. The summed E-state index contributed by atoms with van der Waals surface area (Å²) >= 11 is 0. The molecule has 2 aromatic carbocycles. The maximum absolute atomic E-state index is 12.3. The van der Waals surface area contributed by atoms with Crippen molar-refractivity contribution in [2.75, 3.05) is 50.2 Å². The predicted molar refractivity (Wildman–Crippen MR) is 191 cm³/mol. The fourth-order valence-corrected chi connectivity index (χ4v) is 7.36. The van der Waals surface area contributed by atoms with Crippen LogP contribution in [0.1, 0.15) is 25.7 Å². The number of piperidine rings is 6. The lowest BCUT2D eigenvalue weighted by Crippen LogP contribution is -2.52. The minimum atomic E-state index is -0.789. The smallest absolute Gasteiger partial charge is 0.355 e. The third-order valence-corrected chi connectivity index (χ3v) is 10.2. The predicted octanol–water partition coefficient (Wildman–Crippen LogP) is 4.54. The standard InChI is InChI=1S/C38H40N8O6/c47-35(51-43-31-5-1-3-27(17-31)29-19-39-37(40-20-29)49-33-23-45-13-9-25(33)10-14-45)7-8-36(48)52-44-32-6-2-4-28(18-32)30-21-41-38(42-22-30)50-34-24-46-15-11-26(34)12-16-46/h1-8,17-22,25-26,33-34,43-44H,9-16,23-24H2/b8-7+/t33-,34-/m0/s1. The highest BCUT2D eigenvalue weighted by molar-refractivity contribution is 5.92. The third kappa shape index (κ3) is 8.13. The van der Waals surface area contributed by atoms with Crippen molar-refractivity contribution in [1.82, 2.24) is 29.7 Å². The zero-order valence-electron chi connectivity index (χ0n) is 28.6. The monoisotopic (exact) mass is 704 g/mol. The van der Waals surface area contributed by atoms with E-state index in [1.54, 1.807) is 49.1 Å². The SMILES string of the molecule is O=C(/C=C/C(=O)ONc1cccc(-c2cnc(O[C@H]3CN4CCC3CC4)nc2)c1)ONc1cccc(-c2cnc(O[C@H]3CN4CCC3CC4)nc2)c1. The Balaban J connectivity index is 0.780. The fraction of sp³-hybridized carbons (Fsp3) is 0.368. The molecule has 6 aliphatic rings. The van der Waals surface area contributed by atoms with E-state index in [1.165, 1.54) is 0 Å². The summed E-state index contributed by atoms with van der Waals surface area (Å²) in [7, 11) is 0. The first-order valence-electron chi connectivity index (χ1n) is 17.8. The molecule has 0 saturated carbocycles. The molecular formula is C38H40N8O6. The van der Waals surface area contributed by atoms with Gasteiger partial charge in [0.2, 0.25) is 0 Å². The van der Waals surface area contributed by atoms with Gasteiger partial charge in [-0.3, -0.25) is 9.80 Å².